The van der Waals surface area contributed by atoms with Gasteiger partial charge in [-0.2, -0.15) is 0 Å². The number of hydrogen-bond acceptors (Lipinski definition) is 3. The summed E-state index contributed by atoms with van der Waals surface area (Å²) in [6, 6.07) is 2.03. The van der Waals surface area contributed by atoms with Crippen molar-refractivity contribution in [3.63, 3.8) is 0 Å². The van der Waals surface area contributed by atoms with E-state index in [9.17, 15) is 0 Å². The third-order valence-electron chi connectivity index (χ3n) is 2.23. The van der Waals surface area contributed by atoms with Crippen LogP contribution in [-0.2, 0) is 6.54 Å². The lowest BCUT2D eigenvalue weighted by molar-refractivity contribution is 0.949. The van der Waals surface area contributed by atoms with Gasteiger partial charge in [0.1, 0.15) is 5.82 Å². The minimum absolute atomic E-state index is 0.532. The van der Waals surface area contributed by atoms with Crippen molar-refractivity contribution in [3.05, 3.63) is 34.5 Å². The highest BCUT2D eigenvalue weighted by Crippen LogP contribution is 2.25. The van der Waals surface area contributed by atoms with Crippen LogP contribution in [0, 0.1) is 0 Å². The van der Waals surface area contributed by atoms with Gasteiger partial charge in [0.25, 0.3) is 0 Å². The van der Waals surface area contributed by atoms with Crippen LogP contribution in [0.4, 0.5) is 5.82 Å². The third-order valence-corrected chi connectivity index (χ3v) is 2.82. The molecule has 1 aromatic heterocycles. The van der Waals surface area contributed by atoms with Crippen molar-refractivity contribution in [2.75, 3.05) is 18.0 Å². The summed E-state index contributed by atoms with van der Waals surface area (Å²) in [5, 5.41) is 0. The zero-order chi connectivity index (χ0) is 9.97. The van der Waals surface area contributed by atoms with Gasteiger partial charge in [0.2, 0.25) is 0 Å². The van der Waals surface area contributed by atoms with Crippen LogP contribution in [0.1, 0.15) is 5.56 Å². The lowest BCUT2D eigenvalue weighted by Crippen LogP contribution is -2.20. The van der Waals surface area contributed by atoms with Crippen molar-refractivity contribution in [1.82, 2.24) is 4.98 Å². The van der Waals surface area contributed by atoms with Gasteiger partial charge in [-0.25, -0.2) is 4.98 Å². The molecule has 2 N–H and O–H groups in total. The third kappa shape index (κ3) is 1.81. The molecule has 0 saturated heterocycles. The fourth-order valence-electron chi connectivity index (χ4n) is 1.47. The average molecular weight is 254 g/mol. The van der Waals surface area contributed by atoms with E-state index < -0.39 is 0 Å². The van der Waals surface area contributed by atoms with Crippen molar-refractivity contribution in [3.8, 4) is 0 Å². The molecule has 2 heterocycles. The Bertz CT molecular complexity index is 354. The molecular formula is C10H12BrN3. The quantitative estimate of drug-likeness (QED) is 0.816. The highest BCUT2D eigenvalue weighted by atomic mass is 79.9. The molecule has 0 radical (unpaired) electrons. The van der Waals surface area contributed by atoms with Crippen molar-refractivity contribution in [2.45, 2.75) is 6.54 Å². The van der Waals surface area contributed by atoms with E-state index in [2.05, 4.69) is 38.0 Å². The molecule has 0 aromatic carbocycles. The summed E-state index contributed by atoms with van der Waals surface area (Å²) in [7, 11) is 0. The molecule has 0 aliphatic carbocycles. The van der Waals surface area contributed by atoms with E-state index in [0.29, 0.717) is 6.54 Å². The van der Waals surface area contributed by atoms with Crippen molar-refractivity contribution in [2.24, 2.45) is 5.73 Å². The smallest absolute Gasteiger partial charge is 0.143 e. The fraction of sp³-hybridized carbons (Fsp3) is 0.300. The number of pyridine rings is 1. The standard InChI is InChI=1S/C10H12BrN3/c11-9-5-8(6-12)7-13-10(9)14-3-1-2-4-14/h1-2,5,7H,3-4,6,12H2. The fourth-order valence-corrected chi connectivity index (χ4v) is 2.11. The number of nitrogens with two attached hydrogens (primary N) is 1. The van der Waals surface area contributed by atoms with Crippen LogP contribution in [-0.4, -0.2) is 18.1 Å². The molecule has 0 atom stereocenters. The summed E-state index contributed by atoms with van der Waals surface area (Å²) < 4.78 is 1.02. The molecule has 1 aliphatic rings. The SMILES string of the molecule is NCc1cnc(N2CC=CC2)c(Br)c1. The van der Waals surface area contributed by atoms with Crippen molar-refractivity contribution < 1.29 is 0 Å². The number of aromatic nitrogens is 1. The van der Waals surface area contributed by atoms with E-state index in [1.807, 2.05) is 12.3 Å². The Morgan fingerprint density at radius 3 is 2.71 bits per heavy atom. The number of hydrogen-bond donors (Lipinski definition) is 1. The number of nitrogens with zero attached hydrogens (tertiary/aromatic N) is 2. The highest BCUT2D eigenvalue weighted by Gasteiger charge is 2.12. The zero-order valence-corrected chi connectivity index (χ0v) is 9.37. The van der Waals surface area contributed by atoms with E-state index >= 15 is 0 Å². The summed E-state index contributed by atoms with van der Waals surface area (Å²) in [5.41, 5.74) is 6.58. The molecule has 0 saturated carbocycles. The second-order valence-corrected chi connectivity index (χ2v) is 4.08. The molecule has 0 fully saturated rings. The monoisotopic (exact) mass is 253 g/mol. The maximum atomic E-state index is 5.54. The molecule has 4 heteroatoms. The van der Waals surface area contributed by atoms with Crippen LogP contribution in [0.25, 0.3) is 0 Å². The Labute approximate surface area is 91.7 Å². The Hall–Kier alpha value is -0.870. The number of halogens is 1. The van der Waals surface area contributed by atoms with Gasteiger partial charge in [-0.05, 0) is 27.6 Å². The topological polar surface area (TPSA) is 42.1 Å². The molecule has 0 bridgehead atoms. The zero-order valence-electron chi connectivity index (χ0n) is 7.78. The van der Waals surface area contributed by atoms with Crippen LogP contribution < -0.4 is 10.6 Å². The predicted octanol–water partition coefficient (Wildman–Crippen LogP) is 1.68. The molecule has 0 spiro atoms. The molecule has 1 aliphatic heterocycles. The van der Waals surface area contributed by atoms with Crippen LogP contribution in [0.3, 0.4) is 0 Å². The van der Waals surface area contributed by atoms with Gasteiger partial charge in [-0.3, -0.25) is 0 Å². The molecule has 1 aromatic rings. The first kappa shape index (κ1) is 9.68. The summed E-state index contributed by atoms with van der Waals surface area (Å²) in [6.45, 7) is 2.41. The van der Waals surface area contributed by atoms with Gasteiger partial charge < -0.3 is 10.6 Å². The molecule has 74 valence electrons. The van der Waals surface area contributed by atoms with Gasteiger partial charge in [0, 0.05) is 25.8 Å². The van der Waals surface area contributed by atoms with Gasteiger partial charge in [-0.15, -0.1) is 0 Å². The summed E-state index contributed by atoms with van der Waals surface area (Å²) in [4.78, 5) is 6.59. The van der Waals surface area contributed by atoms with Gasteiger partial charge >= 0.3 is 0 Å². The Morgan fingerprint density at radius 2 is 2.14 bits per heavy atom. The van der Waals surface area contributed by atoms with E-state index in [1.165, 1.54) is 0 Å². The normalized spacial score (nSPS) is 15.1. The number of anilines is 1. The van der Waals surface area contributed by atoms with E-state index in [4.69, 9.17) is 5.73 Å². The summed E-state index contributed by atoms with van der Waals surface area (Å²) in [5.74, 6) is 0.993. The highest BCUT2D eigenvalue weighted by molar-refractivity contribution is 9.10. The van der Waals surface area contributed by atoms with Crippen LogP contribution in [0.15, 0.2) is 28.9 Å². The van der Waals surface area contributed by atoms with E-state index in [-0.39, 0.29) is 0 Å². The summed E-state index contributed by atoms with van der Waals surface area (Å²) in [6.07, 6.45) is 6.12. The molecule has 3 nitrogen and oxygen atoms in total. The Kier molecular flexibility index (Phi) is 2.84. The largest absolute Gasteiger partial charge is 0.348 e. The molecule has 0 unspecified atom stereocenters. The maximum absolute atomic E-state index is 5.54. The Morgan fingerprint density at radius 1 is 1.43 bits per heavy atom. The predicted molar refractivity (Wildman–Crippen MR) is 61.2 cm³/mol. The van der Waals surface area contributed by atoms with Gasteiger partial charge in [-0.1, -0.05) is 12.2 Å². The van der Waals surface area contributed by atoms with Gasteiger partial charge in [0.15, 0.2) is 0 Å². The van der Waals surface area contributed by atoms with Crippen molar-refractivity contribution >= 4 is 21.7 Å². The Balaban J connectivity index is 2.26. The first-order chi connectivity index (χ1) is 6.81. The molecule has 14 heavy (non-hydrogen) atoms. The first-order valence-corrected chi connectivity index (χ1v) is 5.35. The van der Waals surface area contributed by atoms with E-state index in [1.54, 1.807) is 0 Å². The van der Waals surface area contributed by atoms with Crippen molar-refractivity contribution in [1.29, 1.82) is 0 Å². The molecular weight excluding hydrogens is 242 g/mol. The molecule has 0 amide bonds. The van der Waals surface area contributed by atoms with E-state index in [0.717, 1.165) is 28.9 Å². The van der Waals surface area contributed by atoms with Crippen LogP contribution in [0.5, 0.6) is 0 Å². The van der Waals surface area contributed by atoms with Gasteiger partial charge in [0.05, 0.1) is 4.47 Å². The minimum atomic E-state index is 0.532. The lowest BCUT2D eigenvalue weighted by Gasteiger charge is -2.18. The minimum Gasteiger partial charge on any atom is -0.348 e. The average Bonchev–Trinajstić information content (AvgIpc) is 2.70. The second kappa shape index (κ2) is 4.11. The van der Waals surface area contributed by atoms with Crippen LogP contribution in [0.2, 0.25) is 0 Å². The second-order valence-electron chi connectivity index (χ2n) is 3.23. The lowest BCUT2D eigenvalue weighted by atomic mass is 10.3. The summed E-state index contributed by atoms with van der Waals surface area (Å²) >= 11 is 3.51. The maximum Gasteiger partial charge on any atom is 0.143 e. The van der Waals surface area contributed by atoms with Crippen LogP contribution >= 0.6 is 15.9 Å². The molecule has 2 rings (SSSR count). The number of rotatable bonds is 2. The first-order valence-electron chi connectivity index (χ1n) is 4.55.